The summed E-state index contributed by atoms with van der Waals surface area (Å²) in [6.07, 6.45) is 2.18. The number of carbonyl (C=O) groups excluding carboxylic acids is 3. The second-order valence-corrected chi connectivity index (χ2v) is 5.62. The molecule has 0 aromatic carbocycles. The Hall–Kier alpha value is -1.92. The molecule has 0 bridgehead atoms. The van der Waals surface area contributed by atoms with Crippen molar-refractivity contribution in [2.24, 2.45) is 5.92 Å². The summed E-state index contributed by atoms with van der Waals surface area (Å²) in [6, 6.07) is 0. The molecule has 0 aliphatic carbocycles. The first-order chi connectivity index (χ1) is 9.97. The first-order valence-electron chi connectivity index (χ1n) is 7.30. The van der Waals surface area contributed by atoms with Crippen LogP contribution in [-0.4, -0.2) is 58.2 Å². The molecule has 2 saturated heterocycles. The van der Waals surface area contributed by atoms with Gasteiger partial charge >= 0.3 is 5.97 Å². The van der Waals surface area contributed by atoms with E-state index in [9.17, 15) is 19.2 Å². The second-order valence-electron chi connectivity index (χ2n) is 5.62. The molecule has 2 aliphatic heterocycles. The molecule has 0 radical (unpaired) electrons. The number of likely N-dealkylation sites (tertiary alicyclic amines) is 2. The van der Waals surface area contributed by atoms with Gasteiger partial charge in [-0.15, -0.1) is 0 Å². The molecule has 0 spiro atoms. The third kappa shape index (κ3) is 4.03. The Bertz CT molecular complexity index is 446. The van der Waals surface area contributed by atoms with Crippen LogP contribution in [0.15, 0.2) is 0 Å². The smallest absolute Gasteiger partial charge is 0.303 e. The summed E-state index contributed by atoms with van der Waals surface area (Å²) in [7, 11) is 0. The van der Waals surface area contributed by atoms with Crippen LogP contribution in [0, 0.1) is 5.92 Å². The quantitative estimate of drug-likeness (QED) is 0.708. The van der Waals surface area contributed by atoms with Crippen molar-refractivity contribution in [3.05, 3.63) is 0 Å². The Kier molecular flexibility index (Phi) is 4.93. The third-order valence-electron chi connectivity index (χ3n) is 4.11. The maximum absolute atomic E-state index is 12.1. The van der Waals surface area contributed by atoms with Gasteiger partial charge in [0.1, 0.15) is 0 Å². The number of carboxylic acids is 1. The van der Waals surface area contributed by atoms with Crippen LogP contribution in [0.2, 0.25) is 0 Å². The van der Waals surface area contributed by atoms with E-state index in [2.05, 4.69) is 0 Å². The summed E-state index contributed by atoms with van der Waals surface area (Å²) in [5.41, 5.74) is 0. The SMILES string of the molecule is O=C(O)CCC1CCN(C(=O)CCN2C(=O)CCC2=O)C1. The lowest BCUT2D eigenvalue weighted by atomic mass is 10.0. The van der Waals surface area contributed by atoms with Gasteiger partial charge in [0, 0.05) is 45.3 Å². The van der Waals surface area contributed by atoms with Gasteiger partial charge in [0.2, 0.25) is 17.7 Å². The molecule has 0 saturated carbocycles. The predicted molar refractivity (Wildman–Crippen MR) is 72.1 cm³/mol. The molecule has 1 atom stereocenters. The average molecular weight is 296 g/mol. The van der Waals surface area contributed by atoms with Crippen LogP contribution in [0.5, 0.6) is 0 Å². The van der Waals surface area contributed by atoms with E-state index in [4.69, 9.17) is 5.11 Å². The molecule has 116 valence electrons. The molecule has 7 nitrogen and oxygen atoms in total. The molecular formula is C14H20N2O5. The summed E-state index contributed by atoms with van der Waals surface area (Å²) in [4.78, 5) is 48.3. The number of imide groups is 1. The number of hydrogen-bond donors (Lipinski definition) is 1. The van der Waals surface area contributed by atoms with E-state index < -0.39 is 5.97 Å². The van der Waals surface area contributed by atoms with Gasteiger partial charge in [-0.2, -0.15) is 0 Å². The minimum atomic E-state index is -0.814. The van der Waals surface area contributed by atoms with Crippen LogP contribution in [0.1, 0.15) is 38.5 Å². The molecule has 2 aliphatic rings. The van der Waals surface area contributed by atoms with Crippen LogP contribution in [0.4, 0.5) is 0 Å². The number of carbonyl (C=O) groups is 4. The molecule has 7 heteroatoms. The van der Waals surface area contributed by atoms with E-state index in [-0.39, 0.29) is 55.9 Å². The molecule has 2 heterocycles. The van der Waals surface area contributed by atoms with Crippen LogP contribution in [-0.2, 0) is 19.2 Å². The lowest BCUT2D eigenvalue weighted by molar-refractivity contribution is -0.140. The highest BCUT2D eigenvalue weighted by molar-refractivity contribution is 6.02. The first kappa shape index (κ1) is 15.5. The molecular weight excluding hydrogens is 276 g/mol. The van der Waals surface area contributed by atoms with Gasteiger partial charge in [-0.3, -0.25) is 24.1 Å². The topological polar surface area (TPSA) is 95.0 Å². The Morgan fingerprint density at radius 1 is 1.14 bits per heavy atom. The molecule has 1 N–H and O–H groups in total. The Morgan fingerprint density at radius 2 is 1.81 bits per heavy atom. The fourth-order valence-corrected chi connectivity index (χ4v) is 2.86. The van der Waals surface area contributed by atoms with Gasteiger partial charge in [-0.05, 0) is 18.8 Å². The van der Waals surface area contributed by atoms with E-state index in [0.717, 1.165) is 11.3 Å². The van der Waals surface area contributed by atoms with E-state index >= 15 is 0 Å². The number of amides is 3. The van der Waals surface area contributed by atoms with Crippen molar-refractivity contribution in [2.75, 3.05) is 19.6 Å². The number of carboxylic acid groups (broad SMARTS) is 1. The van der Waals surface area contributed by atoms with E-state index in [1.165, 1.54) is 0 Å². The van der Waals surface area contributed by atoms with Crippen molar-refractivity contribution in [3.63, 3.8) is 0 Å². The van der Waals surface area contributed by atoms with E-state index in [1.807, 2.05) is 0 Å². The number of nitrogens with zero attached hydrogens (tertiary/aromatic N) is 2. The van der Waals surface area contributed by atoms with Crippen molar-refractivity contribution >= 4 is 23.7 Å². The zero-order valence-electron chi connectivity index (χ0n) is 11.9. The zero-order chi connectivity index (χ0) is 15.4. The van der Waals surface area contributed by atoms with Crippen molar-refractivity contribution < 1.29 is 24.3 Å². The van der Waals surface area contributed by atoms with Crippen molar-refractivity contribution in [3.8, 4) is 0 Å². The Balaban J connectivity index is 1.73. The van der Waals surface area contributed by atoms with E-state index in [0.29, 0.717) is 19.5 Å². The van der Waals surface area contributed by atoms with Gasteiger partial charge in [0.15, 0.2) is 0 Å². The summed E-state index contributed by atoms with van der Waals surface area (Å²) in [6.45, 7) is 1.37. The molecule has 3 amide bonds. The Morgan fingerprint density at radius 3 is 2.43 bits per heavy atom. The summed E-state index contributed by atoms with van der Waals surface area (Å²) < 4.78 is 0. The van der Waals surface area contributed by atoms with Crippen LogP contribution in [0.25, 0.3) is 0 Å². The van der Waals surface area contributed by atoms with E-state index in [1.54, 1.807) is 4.90 Å². The molecule has 0 aromatic heterocycles. The number of rotatable bonds is 6. The minimum Gasteiger partial charge on any atom is -0.481 e. The fourth-order valence-electron chi connectivity index (χ4n) is 2.86. The molecule has 0 aromatic rings. The summed E-state index contributed by atoms with van der Waals surface area (Å²) in [5, 5.41) is 8.65. The van der Waals surface area contributed by atoms with Gasteiger partial charge in [-0.1, -0.05) is 0 Å². The van der Waals surface area contributed by atoms with Crippen molar-refractivity contribution in [1.29, 1.82) is 0 Å². The molecule has 1 unspecified atom stereocenters. The standard InChI is InChI=1S/C14H20N2O5/c17-11(6-8-16-12(18)2-3-13(16)19)15-7-5-10(9-15)1-4-14(20)21/h10H,1-9H2,(H,20,21). The van der Waals surface area contributed by atoms with Crippen molar-refractivity contribution in [2.45, 2.75) is 38.5 Å². The van der Waals surface area contributed by atoms with Gasteiger partial charge in [0.25, 0.3) is 0 Å². The number of aliphatic carboxylic acids is 1. The average Bonchev–Trinajstić information content (AvgIpc) is 3.02. The lowest BCUT2D eigenvalue weighted by Crippen LogP contribution is -2.35. The first-order valence-corrected chi connectivity index (χ1v) is 7.30. The lowest BCUT2D eigenvalue weighted by Gasteiger charge is -2.19. The highest BCUT2D eigenvalue weighted by Gasteiger charge is 2.31. The van der Waals surface area contributed by atoms with Crippen LogP contribution >= 0.6 is 0 Å². The maximum Gasteiger partial charge on any atom is 0.303 e. The summed E-state index contributed by atoms with van der Waals surface area (Å²) >= 11 is 0. The van der Waals surface area contributed by atoms with Gasteiger partial charge < -0.3 is 10.0 Å². The monoisotopic (exact) mass is 296 g/mol. The van der Waals surface area contributed by atoms with Gasteiger partial charge in [0.05, 0.1) is 0 Å². The molecule has 21 heavy (non-hydrogen) atoms. The van der Waals surface area contributed by atoms with Crippen molar-refractivity contribution in [1.82, 2.24) is 9.80 Å². The van der Waals surface area contributed by atoms with Gasteiger partial charge in [-0.25, -0.2) is 0 Å². The zero-order valence-corrected chi connectivity index (χ0v) is 11.9. The largest absolute Gasteiger partial charge is 0.481 e. The predicted octanol–water partition coefficient (Wildman–Crippen LogP) is 0.239. The van der Waals surface area contributed by atoms with Crippen LogP contribution in [0.3, 0.4) is 0 Å². The highest BCUT2D eigenvalue weighted by atomic mass is 16.4. The van der Waals surface area contributed by atoms with Crippen LogP contribution < -0.4 is 0 Å². The second kappa shape index (κ2) is 6.69. The third-order valence-corrected chi connectivity index (χ3v) is 4.11. The maximum atomic E-state index is 12.1. The highest BCUT2D eigenvalue weighted by Crippen LogP contribution is 2.22. The normalized spacial score (nSPS) is 22.2. The molecule has 2 rings (SSSR count). The number of hydrogen-bond acceptors (Lipinski definition) is 4. The Labute approximate surface area is 122 Å². The fraction of sp³-hybridized carbons (Fsp3) is 0.714. The minimum absolute atomic E-state index is 0.0691. The molecule has 2 fully saturated rings. The summed E-state index contributed by atoms with van der Waals surface area (Å²) in [5.74, 6) is -1.05.